The van der Waals surface area contributed by atoms with Gasteiger partial charge in [-0.3, -0.25) is 0 Å². The van der Waals surface area contributed by atoms with Crippen LogP contribution in [-0.4, -0.2) is 6.54 Å². The van der Waals surface area contributed by atoms with Gasteiger partial charge in [0.2, 0.25) is 0 Å². The number of fused-ring (bicyclic) bond motifs is 1. The lowest BCUT2D eigenvalue weighted by atomic mass is 10.0. The fourth-order valence-corrected chi connectivity index (χ4v) is 1.84. The summed E-state index contributed by atoms with van der Waals surface area (Å²) >= 11 is 5.83. The summed E-state index contributed by atoms with van der Waals surface area (Å²) in [7, 11) is 0. The van der Waals surface area contributed by atoms with Crippen LogP contribution in [0.1, 0.15) is 23.7 Å². The zero-order chi connectivity index (χ0) is 9.26. The van der Waals surface area contributed by atoms with E-state index < -0.39 is 6.17 Å². The maximum Gasteiger partial charge on any atom is 0.127 e. The molecule has 3 heteroatoms. The average molecular weight is 200 g/mol. The average Bonchev–Trinajstić information content (AvgIpc) is 2.28. The van der Waals surface area contributed by atoms with E-state index in [9.17, 15) is 4.39 Å². The molecule has 0 saturated carbocycles. The van der Waals surface area contributed by atoms with Gasteiger partial charge in [-0.05, 0) is 36.2 Å². The van der Waals surface area contributed by atoms with Crippen molar-refractivity contribution in [1.82, 2.24) is 5.32 Å². The lowest BCUT2D eigenvalue weighted by molar-refractivity contribution is 0.326. The minimum Gasteiger partial charge on any atom is -0.313 e. The van der Waals surface area contributed by atoms with Crippen LogP contribution in [0.5, 0.6) is 0 Å². The molecule has 1 N–H and O–H groups in total. The van der Waals surface area contributed by atoms with Gasteiger partial charge >= 0.3 is 0 Å². The fraction of sp³-hybridized carbons (Fsp3) is 0.400. The van der Waals surface area contributed by atoms with Crippen LogP contribution in [-0.2, 0) is 6.54 Å². The minimum absolute atomic E-state index is 0.550. The molecule has 1 heterocycles. The van der Waals surface area contributed by atoms with Crippen molar-refractivity contribution in [2.24, 2.45) is 0 Å². The van der Waals surface area contributed by atoms with Gasteiger partial charge in [0.25, 0.3) is 0 Å². The Balaban J connectivity index is 2.42. The molecule has 0 aromatic heterocycles. The summed E-state index contributed by atoms with van der Waals surface area (Å²) in [5.74, 6) is 0. The summed E-state index contributed by atoms with van der Waals surface area (Å²) in [5, 5.41) is 3.84. The lowest BCUT2D eigenvalue weighted by Gasteiger charge is -2.08. The van der Waals surface area contributed by atoms with Crippen molar-refractivity contribution in [3.8, 4) is 0 Å². The van der Waals surface area contributed by atoms with Crippen LogP contribution in [0.25, 0.3) is 0 Å². The molecule has 1 aliphatic rings. The first kappa shape index (κ1) is 8.97. The number of nitrogens with one attached hydrogen (secondary N) is 1. The van der Waals surface area contributed by atoms with Crippen LogP contribution in [0, 0.1) is 0 Å². The Morgan fingerprint density at radius 1 is 1.46 bits per heavy atom. The van der Waals surface area contributed by atoms with E-state index >= 15 is 0 Å². The third kappa shape index (κ3) is 1.84. The maximum absolute atomic E-state index is 13.5. The van der Waals surface area contributed by atoms with Gasteiger partial charge in [0.1, 0.15) is 6.17 Å². The van der Waals surface area contributed by atoms with Gasteiger partial charge < -0.3 is 5.32 Å². The van der Waals surface area contributed by atoms with Gasteiger partial charge in [0.15, 0.2) is 0 Å². The smallest absolute Gasteiger partial charge is 0.127 e. The van der Waals surface area contributed by atoms with Crippen molar-refractivity contribution < 1.29 is 4.39 Å². The van der Waals surface area contributed by atoms with Crippen molar-refractivity contribution in [1.29, 1.82) is 0 Å². The quantitative estimate of drug-likeness (QED) is 0.678. The lowest BCUT2D eigenvalue weighted by Crippen LogP contribution is -2.12. The largest absolute Gasteiger partial charge is 0.313 e. The second kappa shape index (κ2) is 3.64. The van der Waals surface area contributed by atoms with Gasteiger partial charge in [0.05, 0.1) is 0 Å². The molecule has 1 aromatic carbocycles. The van der Waals surface area contributed by atoms with Crippen LogP contribution in [0.2, 0.25) is 5.02 Å². The Labute approximate surface area is 81.9 Å². The number of hydrogen-bond donors (Lipinski definition) is 1. The molecular weight excluding hydrogens is 189 g/mol. The summed E-state index contributed by atoms with van der Waals surface area (Å²) < 4.78 is 13.5. The standard InChI is InChI=1S/C10H11ClFN/c11-8-1-2-9-7(5-8)6-13-4-3-10(9)12/h1-2,5,10,13H,3-4,6H2. The third-order valence-electron chi connectivity index (χ3n) is 2.33. The summed E-state index contributed by atoms with van der Waals surface area (Å²) in [5.41, 5.74) is 1.77. The molecule has 70 valence electrons. The Morgan fingerprint density at radius 2 is 2.31 bits per heavy atom. The van der Waals surface area contributed by atoms with Gasteiger partial charge in [-0.15, -0.1) is 0 Å². The van der Waals surface area contributed by atoms with E-state index in [1.807, 2.05) is 6.07 Å². The van der Waals surface area contributed by atoms with E-state index in [0.29, 0.717) is 11.4 Å². The second-order valence-electron chi connectivity index (χ2n) is 3.28. The molecule has 1 unspecified atom stereocenters. The first-order valence-electron chi connectivity index (χ1n) is 4.40. The molecule has 0 bridgehead atoms. The highest BCUT2D eigenvalue weighted by Gasteiger charge is 2.17. The number of benzene rings is 1. The SMILES string of the molecule is FC1CCNCc2cc(Cl)ccc21. The van der Waals surface area contributed by atoms with E-state index in [2.05, 4.69) is 5.32 Å². The monoisotopic (exact) mass is 199 g/mol. The highest BCUT2D eigenvalue weighted by Crippen LogP contribution is 2.28. The first-order chi connectivity index (χ1) is 6.27. The topological polar surface area (TPSA) is 12.0 Å². The predicted octanol–water partition coefficient (Wildman–Crippen LogP) is 2.84. The van der Waals surface area contributed by atoms with Crippen LogP contribution in [0.3, 0.4) is 0 Å². The highest BCUT2D eigenvalue weighted by atomic mass is 35.5. The Morgan fingerprint density at radius 3 is 3.15 bits per heavy atom. The first-order valence-corrected chi connectivity index (χ1v) is 4.78. The molecule has 0 amide bonds. The number of alkyl halides is 1. The van der Waals surface area contributed by atoms with E-state index in [1.165, 1.54) is 0 Å². The highest BCUT2D eigenvalue weighted by molar-refractivity contribution is 6.30. The van der Waals surface area contributed by atoms with E-state index in [0.717, 1.165) is 24.2 Å². The van der Waals surface area contributed by atoms with Gasteiger partial charge in [-0.1, -0.05) is 17.7 Å². The fourth-order valence-electron chi connectivity index (χ4n) is 1.64. The maximum atomic E-state index is 13.5. The molecule has 1 aromatic rings. The van der Waals surface area contributed by atoms with Crippen molar-refractivity contribution in [2.45, 2.75) is 19.1 Å². The summed E-state index contributed by atoms with van der Waals surface area (Å²) in [6.07, 6.45) is -0.295. The predicted molar refractivity (Wildman–Crippen MR) is 51.6 cm³/mol. The van der Waals surface area contributed by atoms with Crippen LogP contribution >= 0.6 is 11.6 Å². The van der Waals surface area contributed by atoms with Crippen LogP contribution in [0.15, 0.2) is 18.2 Å². The van der Waals surface area contributed by atoms with Crippen molar-refractivity contribution >= 4 is 11.6 Å². The van der Waals surface area contributed by atoms with Gasteiger partial charge in [-0.25, -0.2) is 4.39 Å². The second-order valence-corrected chi connectivity index (χ2v) is 3.71. The van der Waals surface area contributed by atoms with Crippen molar-refractivity contribution in [3.63, 3.8) is 0 Å². The molecule has 1 atom stereocenters. The molecule has 13 heavy (non-hydrogen) atoms. The van der Waals surface area contributed by atoms with E-state index in [1.54, 1.807) is 12.1 Å². The van der Waals surface area contributed by atoms with Gasteiger partial charge in [-0.2, -0.15) is 0 Å². The molecule has 0 fully saturated rings. The Kier molecular flexibility index (Phi) is 2.51. The molecular formula is C10H11ClFN. The Bertz CT molecular complexity index is 314. The van der Waals surface area contributed by atoms with Crippen molar-refractivity contribution in [3.05, 3.63) is 34.3 Å². The summed E-state index contributed by atoms with van der Waals surface area (Å²) in [6, 6.07) is 5.37. The summed E-state index contributed by atoms with van der Waals surface area (Å²) in [4.78, 5) is 0. The van der Waals surface area contributed by atoms with E-state index in [4.69, 9.17) is 11.6 Å². The molecule has 0 spiro atoms. The molecule has 0 aliphatic carbocycles. The normalized spacial score (nSPS) is 22.2. The Hall–Kier alpha value is -0.600. The zero-order valence-corrected chi connectivity index (χ0v) is 7.94. The molecule has 0 radical (unpaired) electrons. The summed E-state index contributed by atoms with van der Waals surface area (Å²) in [6.45, 7) is 1.45. The minimum atomic E-state index is -0.845. The third-order valence-corrected chi connectivity index (χ3v) is 2.57. The number of hydrogen-bond acceptors (Lipinski definition) is 1. The molecule has 2 rings (SSSR count). The van der Waals surface area contributed by atoms with Gasteiger partial charge in [0, 0.05) is 11.6 Å². The zero-order valence-electron chi connectivity index (χ0n) is 7.19. The van der Waals surface area contributed by atoms with Crippen LogP contribution in [0.4, 0.5) is 4.39 Å². The molecule has 0 saturated heterocycles. The number of halogens is 2. The molecule has 1 nitrogen and oxygen atoms in total. The molecule has 1 aliphatic heterocycles. The number of rotatable bonds is 0. The van der Waals surface area contributed by atoms with E-state index in [-0.39, 0.29) is 0 Å². The van der Waals surface area contributed by atoms with Crippen molar-refractivity contribution in [2.75, 3.05) is 6.54 Å². The van der Waals surface area contributed by atoms with Crippen LogP contribution < -0.4 is 5.32 Å².